The summed E-state index contributed by atoms with van der Waals surface area (Å²) < 4.78 is 1.77. The summed E-state index contributed by atoms with van der Waals surface area (Å²) in [5.41, 5.74) is 1.72. The zero-order valence-corrected chi connectivity index (χ0v) is 12.0. The summed E-state index contributed by atoms with van der Waals surface area (Å²) in [5.74, 6) is -0.000449. The van der Waals surface area contributed by atoms with E-state index in [1.54, 1.807) is 10.9 Å². The molecule has 1 heterocycles. The average molecular weight is 284 g/mol. The second-order valence-electron chi connectivity index (χ2n) is 5.41. The summed E-state index contributed by atoms with van der Waals surface area (Å²) >= 11 is 0. The van der Waals surface area contributed by atoms with Crippen molar-refractivity contribution in [3.63, 3.8) is 0 Å². The topological polar surface area (TPSA) is 59.0 Å². The summed E-state index contributed by atoms with van der Waals surface area (Å²) in [4.78, 5) is 12.0. The Morgan fingerprint density at radius 2 is 2.14 bits per heavy atom. The summed E-state index contributed by atoms with van der Waals surface area (Å²) in [6.45, 7) is 0.372. The van der Waals surface area contributed by atoms with Gasteiger partial charge in [-0.05, 0) is 37.1 Å². The number of nitrogens with zero attached hydrogens (tertiary/aromatic N) is 2. The molecule has 1 aliphatic rings. The molecule has 0 saturated heterocycles. The maximum Gasteiger partial charge on any atom is 0.238 e. The predicted octanol–water partition coefficient (Wildman–Crippen LogP) is 2.34. The van der Waals surface area contributed by atoms with Gasteiger partial charge in [0.05, 0.1) is 12.2 Å². The van der Waals surface area contributed by atoms with E-state index in [9.17, 15) is 4.79 Å². The molecule has 0 radical (unpaired) electrons. The summed E-state index contributed by atoms with van der Waals surface area (Å²) in [6.07, 6.45) is 8.51. The molecule has 5 heteroatoms. The number of amides is 1. The van der Waals surface area contributed by atoms with Gasteiger partial charge in [0.1, 0.15) is 0 Å². The number of rotatable bonds is 5. The van der Waals surface area contributed by atoms with Crippen LogP contribution in [0.25, 0.3) is 5.69 Å². The van der Waals surface area contributed by atoms with Crippen LogP contribution in [0, 0.1) is 0 Å². The number of aromatic nitrogens is 2. The summed E-state index contributed by atoms with van der Waals surface area (Å²) in [5, 5.41) is 10.4. The van der Waals surface area contributed by atoms with Crippen LogP contribution < -0.4 is 10.6 Å². The first kappa shape index (κ1) is 13.8. The highest BCUT2D eigenvalue weighted by Gasteiger charge is 2.15. The Hall–Kier alpha value is -2.14. The van der Waals surface area contributed by atoms with Gasteiger partial charge in [0.15, 0.2) is 0 Å². The normalized spacial score (nSPS) is 15.2. The van der Waals surface area contributed by atoms with E-state index in [-0.39, 0.29) is 5.91 Å². The van der Waals surface area contributed by atoms with Gasteiger partial charge < -0.3 is 10.6 Å². The predicted molar refractivity (Wildman–Crippen MR) is 82.5 cm³/mol. The van der Waals surface area contributed by atoms with E-state index in [1.807, 2.05) is 36.5 Å². The minimum Gasteiger partial charge on any atom is -0.325 e. The maximum atomic E-state index is 12.0. The van der Waals surface area contributed by atoms with Gasteiger partial charge in [0.25, 0.3) is 0 Å². The number of nitrogens with one attached hydrogen (secondary N) is 2. The van der Waals surface area contributed by atoms with Gasteiger partial charge in [0.2, 0.25) is 5.91 Å². The second kappa shape index (κ2) is 6.54. The van der Waals surface area contributed by atoms with Crippen molar-refractivity contribution in [2.45, 2.75) is 31.7 Å². The first-order valence-corrected chi connectivity index (χ1v) is 7.44. The van der Waals surface area contributed by atoms with Crippen LogP contribution in [0.15, 0.2) is 42.7 Å². The molecular formula is C16H20N4O. The highest BCUT2D eigenvalue weighted by Crippen LogP contribution is 2.17. The van der Waals surface area contributed by atoms with E-state index in [1.165, 1.54) is 25.7 Å². The van der Waals surface area contributed by atoms with E-state index < -0.39 is 0 Å². The van der Waals surface area contributed by atoms with Crippen LogP contribution >= 0.6 is 0 Å². The molecular weight excluding hydrogens is 264 g/mol. The van der Waals surface area contributed by atoms with Crippen LogP contribution in [-0.4, -0.2) is 28.3 Å². The zero-order chi connectivity index (χ0) is 14.5. The molecule has 2 N–H and O–H groups in total. The van der Waals surface area contributed by atoms with Gasteiger partial charge in [-0.25, -0.2) is 4.68 Å². The number of hydrogen-bond donors (Lipinski definition) is 2. The minimum absolute atomic E-state index is 0.000449. The Labute approximate surface area is 124 Å². The zero-order valence-electron chi connectivity index (χ0n) is 12.0. The van der Waals surface area contributed by atoms with Crippen molar-refractivity contribution in [1.82, 2.24) is 15.1 Å². The quantitative estimate of drug-likeness (QED) is 0.886. The minimum atomic E-state index is -0.000449. The van der Waals surface area contributed by atoms with Crippen molar-refractivity contribution in [2.75, 3.05) is 11.9 Å². The molecule has 0 atom stereocenters. The van der Waals surface area contributed by atoms with Crippen LogP contribution in [0.4, 0.5) is 5.69 Å². The number of benzene rings is 1. The lowest BCUT2D eigenvalue weighted by molar-refractivity contribution is -0.115. The van der Waals surface area contributed by atoms with E-state index in [2.05, 4.69) is 15.7 Å². The maximum absolute atomic E-state index is 12.0. The SMILES string of the molecule is O=C(CNC1CCCC1)Nc1cccc(-n2cccn2)c1. The van der Waals surface area contributed by atoms with Crippen LogP contribution in [0.5, 0.6) is 0 Å². The van der Waals surface area contributed by atoms with Gasteiger partial charge in [0, 0.05) is 24.1 Å². The molecule has 1 fully saturated rings. The third-order valence-corrected chi connectivity index (χ3v) is 3.81. The lowest BCUT2D eigenvalue weighted by Crippen LogP contribution is -2.34. The molecule has 0 spiro atoms. The monoisotopic (exact) mass is 284 g/mol. The number of hydrogen-bond acceptors (Lipinski definition) is 3. The molecule has 0 unspecified atom stereocenters. The molecule has 5 nitrogen and oxygen atoms in total. The van der Waals surface area contributed by atoms with Gasteiger partial charge >= 0.3 is 0 Å². The van der Waals surface area contributed by atoms with Gasteiger partial charge in [-0.1, -0.05) is 18.9 Å². The highest BCUT2D eigenvalue weighted by molar-refractivity contribution is 5.92. The van der Waals surface area contributed by atoms with Gasteiger partial charge in [-0.3, -0.25) is 4.79 Å². The molecule has 110 valence electrons. The first-order chi connectivity index (χ1) is 10.3. The van der Waals surface area contributed by atoms with Gasteiger partial charge in [-0.2, -0.15) is 5.10 Å². The van der Waals surface area contributed by atoms with Crippen molar-refractivity contribution in [3.8, 4) is 5.69 Å². The first-order valence-electron chi connectivity index (χ1n) is 7.44. The van der Waals surface area contributed by atoms with Crippen molar-refractivity contribution >= 4 is 11.6 Å². The molecule has 0 aliphatic heterocycles. The fourth-order valence-electron chi connectivity index (χ4n) is 2.72. The van der Waals surface area contributed by atoms with Gasteiger partial charge in [-0.15, -0.1) is 0 Å². The van der Waals surface area contributed by atoms with Crippen LogP contribution in [0.2, 0.25) is 0 Å². The highest BCUT2D eigenvalue weighted by atomic mass is 16.1. The van der Waals surface area contributed by atoms with E-state index in [0.717, 1.165) is 11.4 Å². The fourth-order valence-corrected chi connectivity index (χ4v) is 2.72. The Morgan fingerprint density at radius 1 is 1.29 bits per heavy atom. The van der Waals surface area contributed by atoms with Crippen molar-refractivity contribution in [3.05, 3.63) is 42.7 Å². The molecule has 1 aromatic heterocycles. The Morgan fingerprint density at radius 3 is 2.90 bits per heavy atom. The average Bonchev–Trinajstić information content (AvgIpc) is 3.19. The smallest absolute Gasteiger partial charge is 0.238 e. The molecule has 1 saturated carbocycles. The summed E-state index contributed by atoms with van der Waals surface area (Å²) in [6, 6.07) is 10.1. The standard InChI is InChI=1S/C16H20N4O/c21-16(12-17-13-5-1-2-6-13)19-14-7-3-8-15(11-14)20-10-4-9-18-20/h3-4,7-11,13,17H,1-2,5-6,12H2,(H,19,21). The Balaban J connectivity index is 1.56. The molecule has 21 heavy (non-hydrogen) atoms. The van der Waals surface area contributed by atoms with Crippen LogP contribution in [0.3, 0.4) is 0 Å². The fraction of sp³-hybridized carbons (Fsp3) is 0.375. The molecule has 1 aromatic carbocycles. The molecule has 3 rings (SSSR count). The second-order valence-corrected chi connectivity index (χ2v) is 5.41. The Kier molecular flexibility index (Phi) is 4.31. The Bertz CT molecular complexity index is 588. The number of carbonyl (C=O) groups excluding carboxylic acids is 1. The van der Waals surface area contributed by atoms with Crippen molar-refractivity contribution in [1.29, 1.82) is 0 Å². The van der Waals surface area contributed by atoms with E-state index in [0.29, 0.717) is 12.6 Å². The molecule has 0 bridgehead atoms. The van der Waals surface area contributed by atoms with Crippen LogP contribution in [0.1, 0.15) is 25.7 Å². The van der Waals surface area contributed by atoms with Crippen LogP contribution in [-0.2, 0) is 4.79 Å². The molecule has 1 aliphatic carbocycles. The molecule has 1 amide bonds. The third-order valence-electron chi connectivity index (χ3n) is 3.81. The largest absolute Gasteiger partial charge is 0.325 e. The third kappa shape index (κ3) is 3.70. The lowest BCUT2D eigenvalue weighted by atomic mass is 10.2. The number of anilines is 1. The molecule has 2 aromatic rings. The van der Waals surface area contributed by atoms with Crippen molar-refractivity contribution < 1.29 is 4.79 Å². The van der Waals surface area contributed by atoms with Crippen molar-refractivity contribution in [2.24, 2.45) is 0 Å². The van der Waals surface area contributed by atoms with E-state index in [4.69, 9.17) is 0 Å². The number of carbonyl (C=O) groups is 1. The summed E-state index contributed by atoms with van der Waals surface area (Å²) in [7, 11) is 0. The lowest BCUT2D eigenvalue weighted by Gasteiger charge is -2.12. The van der Waals surface area contributed by atoms with E-state index >= 15 is 0 Å².